The molecule has 0 aromatic carbocycles. The van der Waals surface area contributed by atoms with Crippen molar-refractivity contribution in [3.63, 3.8) is 0 Å². The Morgan fingerprint density at radius 1 is 1.27 bits per heavy atom. The summed E-state index contributed by atoms with van der Waals surface area (Å²) in [6.07, 6.45) is 0. The first-order valence-electron chi connectivity index (χ1n) is 3.33. The van der Waals surface area contributed by atoms with Crippen LogP contribution < -0.4 is 24.6 Å². The van der Waals surface area contributed by atoms with Gasteiger partial charge >= 0.3 is 18.9 Å². The minimum Gasteiger partial charge on any atom is -0.464 e. The zero-order chi connectivity index (χ0) is 8.28. The van der Waals surface area contributed by atoms with E-state index in [9.17, 15) is 0 Å². The summed E-state index contributed by atoms with van der Waals surface area (Å²) in [5.41, 5.74) is 4.85. The topological polar surface area (TPSA) is 29.3 Å². The fourth-order valence-electron chi connectivity index (χ4n) is 0. The van der Waals surface area contributed by atoms with Gasteiger partial charge in [0.1, 0.15) is 0 Å². The second-order valence-electron chi connectivity index (χ2n) is 1.49. The maximum Gasteiger partial charge on any atom is 1.00 e. The molecular weight excluding hydrogens is 131 g/mol. The minimum absolute atomic E-state index is 0. The van der Waals surface area contributed by atoms with Crippen molar-refractivity contribution in [2.45, 2.75) is 28.2 Å². The van der Waals surface area contributed by atoms with Crippen molar-refractivity contribution < 1.29 is 18.9 Å². The predicted octanol–water partition coefficient (Wildman–Crippen LogP) is -1.03. The molecule has 0 rings (SSSR count). The summed E-state index contributed by atoms with van der Waals surface area (Å²) in [5.74, 6) is 0. The average Bonchev–Trinajstić information content (AvgIpc) is 1.71. The van der Waals surface area contributed by atoms with Gasteiger partial charge in [0.15, 0.2) is 0 Å². The Kier molecular flexibility index (Phi) is 127. The fraction of sp³-hybridized carbons (Fsp3) is 0.875. The van der Waals surface area contributed by atoms with Crippen LogP contribution in [0.5, 0.6) is 0 Å². The van der Waals surface area contributed by atoms with Gasteiger partial charge in [-0.15, -0.1) is 0 Å². The van der Waals surface area contributed by atoms with E-state index in [1.54, 1.807) is 4.90 Å². The largest absolute Gasteiger partial charge is 1.00 e. The molecule has 0 unspecified atom stereocenters. The average molecular weight is 156 g/mol. The van der Waals surface area contributed by atoms with Gasteiger partial charge in [0.05, 0.1) is 0 Å². The van der Waals surface area contributed by atoms with E-state index >= 15 is 0 Å². The third-order valence-corrected chi connectivity index (χ3v) is 0. The van der Waals surface area contributed by atoms with Crippen molar-refractivity contribution in [2.24, 2.45) is 5.73 Å². The van der Waals surface area contributed by atoms with E-state index in [-0.39, 0.29) is 26.3 Å². The molecule has 0 radical (unpaired) electrons. The molecule has 0 atom stereocenters. The van der Waals surface area contributed by atoms with E-state index in [2.05, 4.69) is 7.05 Å². The van der Waals surface area contributed by atoms with E-state index < -0.39 is 0 Å². The van der Waals surface area contributed by atoms with E-state index in [1.807, 2.05) is 34.9 Å². The second-order valence-corrected chi connectivity index (χ2v) is 1.49. The predicted molar refractivity (Wildman–Crippen MR) is 51.9 cm³/mol. The molecule has 0 saturated heterocycles. The number of nitrogens with zero attached hydrogens (tertiary/aromatic N) is 1. The van der Waals surface area contributed by atoms with Crippen LogP contribution >= 0.6 is 0 Å². The third-order valence-electron chi connectivity index (χ3n) is 0. The standard InChI is InChI=1S/C3H8N.C2H7N.C2H6.CH4.Li/c1-4(2)3;1-2-3;1-2;;/h1H2,2-3H3;2-3H2,1H3;1-2H3;1H4;/q-1;;;;+1. The van der Waals surface area contributed by atoms with Crippen molar-refractivity contribution in [2.75, 3.05) is 20.6 Å². The van der Waals surface area contributed by atoms with Crippen LogP contribution in [0.4, 0.5) is 0 Å². The Balaban J connectivity index is -0.0000000158. The van der Waals surface area contributed by atoms with Gasteiger partial charge in [-0.3, -0.25) is 7.05 Å². The van der Waals surface area contributed by atoms with Crippen LogP contribution in [0.2, 0.25) is 0 Å². The third kappa shape index (κ3) is 2850. The van der Waals surface area contributed by atoms with Gasteiger partial charge in [0.2, 0.25) is 0 Å². The number of hydrogen-bond donors (Lipinski definition) is 1. The summed E-state index contributed by atoms with van der Waals surface area (Å²) in [6.45, 7) is 6.65. The van der Waals surface area contributed by atoms with Gasteiger partial charge in [0.25, 0.3) is 0 Å². The molecule has 0 aromatic rings. The molecule has 2 nitrogen and oxygen atoms in total. The maximum absolute atomic E-state index is 4.85. The van der Waals surface area contributed by atoms with Crippen LogP contribution in [0.15, 0.2) is 0 Å². The van der Waals surface area contributed by atoms with Crippen LogP contribution in [0.25, 0.3) is 0 Å². The molecule has 3 heteroatoms. The molecule has 0 aromatic heterocycles. The van der Waals surface area contributed by atoms with Crippen LogP contribution in [-0.4, -0.2) is 25.5 Å². The van der Waals surface area contributed by atoms with Gasteiger partial charge < -0.3 is 10.6 Å². The molecule has 2 N–H and O–H groups in total. The summed E-state index contributed by atoms with van der Waals surface area (Å²) in [4.78, 5) is 1.75. The van der Waals surface area contributed by atoms with Crippen LogP contribution in [0, 0.1) is 7.05 Å². The van der Waals surface area contributed by atoms with Crippen LogP contribution in [0.3, 0.4) is 0 Å². The summed E-state index contributed by atoms with van der Waals surface area (Å²) in [5, 5.41) is 0. The van der Waals surface area contributed by atoms with Gasteiger partial charge in [-0.1, -0.05) is 28.2 Å². The SMILES string of the molecule is C.CC.CCN.[CH2-]N(C)C.[Li+]. The summed E-state index contributed by atoms with van der Waals surface area (Å²) in [7, 11) is 7.25. The molecule has 68 valence electrons. The molecule has 0 spiro atoms. The normalized spacial score (nSPS) is 5.45. The summed E-state index contributed by atoms with van der Waals surface area (Å²) in [6, 6.07) is 0. The molecule has 11 heavy (non-hydrogen) atoms. The molecule has 0 aliphatic rings. The number of nitrogens with two attached hydrogens (primary N) is 1. The Hall–Kier alpha value is 0.517. The van der Waals surface area contributed by atoms with E-state index in [0.717, 1.165) is 6.54 Å². The van der Waals surface area contributed by atoms with E-state index in [1.165, 1.54) is 0 Å². The monoisotopic (exact) mass is 156 g/mol. The summed E-state index contributed by atoms with van der Waals surface area (Å²) >= 11 is 0. The molecular formula is C8H25LiN2. The molecule has 0 amide bonds. The minimum atomic E-state index is 0. The second kappa shape index (κ2) is 46.7. The maximum atomic E-state index is 4.85. The van der Waals surface area contributed by atoms with Gasteiger partial charge in [-0.25, -0.2) is 0 Å². The molecule has 0 aliphatic carbocycles. The zero-order valence-electron chi connectivity index (χ0n) is 8.44. The number of rotatable bonds is 0. The molecule has 0 saturated carbocycles. The molecule has 0 fully saturated rings. The van der Waals surface area contributed by atoms with E-state index in [4.69, 9.17) is 5.73 Å². The van der Waals surface area contributed by atoms with Crippen LogP contribution in [-0.2, 0) is 0 Å². The first-order chi connectivity index (χ1) is 4.15. The molecule has 0 heterocycles. The van der Waals surface area contributed by atoms with Crippen LogP contribution in [0.1, 0.15) is 28.2 Å². The van der Waals surface area contributed by atoms with Gasteiger partial charge in [-0.2, -0.15) is 0 Å². The first-order valence-corrected chi connectivity index (χ1v) is 3.33. The van der Waals surface area contributed by atoms with Crippen molar-refractivity contribution in [1.82, 2.24) is 4.90 Å². The van der Waals surface area contributed by atoms with E-state index in [0.29, 0.717) is 0 Å². The van der Waals surface area contributed by atoms with Gasteiger partial charge in [0, 0.05) is 0 Å². The zero-order valence-corrected chi connectivity index (χ0v) is 8.44. The molecule has 0 bridgehead atoms. The van der Waals surface area contributed by atoms with Crippen molar-refractivity contribution in [1.29, 1.82) is 0 Å². The Bertz CT molecular complexity index is 23.3. The number of hydrogen-bond acceptors (Lipinski definition) is 2. The quantitative estimate of drug-likeness (QED) is 0.359. The first kappa shape index (κ1) is 30.0. The van der Waals surface area contributed by atoms with Gasteiger partial charge in [-0.05, 0) is 20.6 Å². The van der Waals surface area contributed by atoms with Crippen molar-refractivity contribution in [3.8, 4) is 0 Å². The Morgan fingerprint density at radius 2 is 1.27 bits per heavy atom. The summed E-state index contributed by atoms with van der Waals surface area (Å²) < 4.78 is 0. The molecule has 0 aliphatic heterocycles. The smallest absolute Gasteiger partial charge is 0.464 e. The van der Waals surface area contributed by atoms with Crippen molar-refractivity contribution >= 4 is 0 Å². The Labute approximate surface area is 85.7 Å². The van der Waals surface area contributed by atoms with Crippen molar-refractivity contribution in [3.05, 3.63) is 7.05 Å². The Morgan fingerprint density at radius 3 is 1.27 bits per heavy atom. The fourth-order valence-corrected chi connectivity index (χ4v) is 0.